The maximum absolute atomic E-state index is 13.9. The summed E-state index contributed by atoms with van der Waals surface area (Å²) < 4.78 is 67.7. The smallest absolute Gasteiger partial charge is 0.383 e. The number of alkyl halides is 3. The largest absolute Gasteiger partial charge is 0.389 e. The van der Waals surface area contributed by atoms with Gasteiger partial charge in [-0.05, 0) is 24.6 Å². The number of carbonyl (C=O) groups excluding carboxylic acids is 1. The van der Waals surface area contributed by atoms with Gasteiger partial charge in [0.1, 0.15) is 34.4 Å². The second-order valence-electron chi connectivity index (χ2n) is 8.24. The Morgan fingerprint density at radius 3 is 2.51 bits per heavy atom. The van der Waals surface area contributed by atoms with Crippen LogP contribution in [0.5, 0.6) is 0 Å². The zero-order valence-electron chi connectivity index (χ0n) is 18.0. The Kier molecular flexibility index (Phi) is 4.97. The standard InChI is InChI=1S/C22H16F5N7O/c1-21(10-6-11(23)8-12(24)7-10)15-16(28)31-17(32-18(15)33-20(21)35)14-9-34-5-4-29-19(34)13(30-14)2-3-22(25,26)27/h4-9H,2-3H2,1H3,(H3,28,31,32,33,35). The van der Waals surface area contributed by atoms with Crippen LogP contribution < -0.4 is 11.1 Å². The lowest BCUT2D eigenvalue weighted by molar-refractivity contribution is -0.134. The van der Waals surface area contributed by atoms with Crippen molar-refractivity contribution in [2.24, 2.45) is 0 Å². The first-order valence-corrected chi connectivity index (χ1v) is 10.3. The van der Waals surface area contributed by atoms with Gasteiger partial charge in [-0.25, -0.2) is 28.7 Å². The highest BCUT2D eigenvalue weighted by atomic mass is 19.4. The molecule has 0 radical (unpaired) electrons. The number of fused-ring (bicyclic) bond motifs is 2. The molecule has 4 aromatic rings. The predicted octanol–water partition coefficient (Wildman–Crippen LogP) is 3.80. The Hall–Kier alpha value is -4.16. The molecular weight excluding hydrogens is 473 g/mol. The van der Waals surface area contributed by atoms with Gasteiger partial charge in [-0.1, -0.05) is 0 Å². The number of aromatic nitrogens is 5. The molecule has 8 nitrogen and oxygen atoms in total. The monoisotopic (exact) mass is 489 g/mol. The third kappa shape index (κ3) is 3.82. The van der Waals surface area contributed by atoms with Gasteiger partial charge in [-0.15, -0.1) is 0 Å². The van der Waals surface area contributed by atoms with Crippen LogP contribution in [0.3, 0.4) is 0 Å². The van der Waals surface area contributed by atoms with Gasteiger partial charge in [0, 0.05) is 37.5 Å². The summed E-state index contributed by atoms with van der Waals surface area (Å²) in [6.07, 6.45) is -1.49. The molecule has 1 aromatic carbocycles. The molecule has 5 rings (SSSR count). The number of rotatable bonds is 4. The van der Waals surface area contributed by atoms with Crippen molar-refractivity contribution in [2.75, 3.05) is 11.1 Å². The van der Waals surface area contributed by atoms with E-state index < -0.39 is 42.0 Å². The lowest BCUT2D eigenvalue weighted by atomic mass is 9.77. The summed E-state index contributed by atoms with van der Waals surface area (Å²) in [5, 5.41) is 2.56. The SMILES string of the molecule is CC1(c2cc(F)cc(F)c2)C(=O)Nc2nc(-c3cn4ccnc4c(CCC(F)(F)F)n3)nc(N)c21. The average molecular weight is 489 g/mol. The first-order chi connectivity index (χ1) is 16.5. The molecule has 35 heavy (non-hydrogen) atoms. The van der Waals surface area contributed by atoms with Crippen LogP contribution in [-0.4, -0.2) is 36.4 Å². The second-order valence-corrected chi connectivity index (χ2v) is 8.24. The maximum Gasteiger partial charge on any atom is 0.389 e. The van der Waals surface area contributed by atoms with Crippen LogP contribution in [-0.2, 0) is 16.6 Å². The van der Waals surface area contributed by atoms with Crippen LogP contribution in [0.15, 0.2) is 36.8 Å². The number of nitrogens with zero attached hydrogens (tertiary/aromatic N) is 5. The fraction of sp³-hybridized carbons (Fsp3) is 0.227. The topological polar surface area (TPSA) is 111 Å². The van der Waals surface area contributed by atoms with Gasteiger partial charge in [-0.2, -0.15) is 13.2 Å². The number of aryl methyl sites for hydroxylation is 1. The highest BCUT2D eigenvalue weighted by molar-refractivity contribution is 6.09. The molecule has 1 aliphatic heterocycles. The van der Waals surface area contributed by atoms with Crippen LogP contribution in [0, 0.1) is 11.6 Å². The minimum Gasteiger partial charge on any atom is -0.383 e. The minimum absolute atomic E-state index is 0.00837. The Bertz CT molecular complexity index is 1480. The lowest BCUT2D eigenvalue weighted by Crippen LogP contribution is -2.33. The van der Waals surface area contributed by atoms with Crippen molar-refractivity contribution in [3.05, 3.63) is 65.2 Å². The summed E-state index contributed by atoms with van der Waals surface area (Å²) in [5.74, 6) is -2.57. The first-order valence-electron chi connectivity index (χ1n) is 10.3. The van der Waals surface area contributed by atoms with Crippen LogP contribution in [0.2, 0.25) is 0 Å². The highest BCUT2D eigenvalue weighted by Gasteiger charge is 2.48. The van der Waals surface area contributed by atoms with Crippen LogP contribution in [0.4, 0.5) is 33.6 Å². The first kappa shape index (κ1) is 22.6. The fourth-order valence-corrected chi connectivity index (χ4v) is 4.17. The molecule has 13 heteroatoms. The number of nitrogens with one attached hydrogen (secondary N) is 1. The molecule has 0 aliphatic carbocycles. The van der Waals surface area contributed by atoms with E-state index in [0.717, 1.165) is 12.1 Å². The van der Waals surface area contributed by atoms with Crippen LogP contribution >= 0.6 is 0 Å². The number of halogens is 5. The quantitative estimate of drug-likeness (QED) is 0.422. The maximum atomic E-state index is 13.9. The Balaban J connectivity index is 1.62. The van der Waals surface area contributed by atoms with Gasteiger partial charge in [0.25, 0.3) is 0 Å². The van der Waals surface area contributed by atoms with Crippen molar-refractivity contribution in [1.82, 2.24) is 24.3 Å². The Morgan fingerprint density at radius 2 is 1.83 bits per heavy atom. The van der Waals surface area contributed by atoms with Gasteiger partial charge in [-0.3, -0.25) is 4.79 Å². The fourth-order valence-electron chi connectivity index (χ4n) is 4.17. The van der Waals surface area contributed by atoms with Gasteiger partial charge < -0.3 is 15.5 Å². The van der Waals surface area contributed by atoms with E-state index >= 15 is 0 Å². The molecule has 3 aromatic heterocycles. The molecule has 1 atom stereocenters. The second kappa shape index (κ2) is 7.68. The van der Waals surface area contributed by atoms with E-state index in [2.05, 4.69) is 25.3 Å². The van der Waals surface area contributed by atoms with E-state index in [1.165, 1.54) is 29.9 Å². The number of amides is 1. The van der Waals surface area contributed by atoms with E-state index in [9.17, 15) is 26.7 Å². The van der Waals surface area contributed by atoms with E-state index in [1.807, 2.05) is 0 Å². The molecule has 0 spiro atoms. The molecular formula is C22H16F5N7O. The number of benzene rings is 1. The van der Waals surface area contributed by atoms with Crippen molar-refractivity contribution in [1.29, 1.82) is 0 Å². The van der Waals surface area contributed by atoms with Crippen LogP contribution in [0.1, 0.15) is 30.2 Å². The predicted molar refractivity (Wildman–Crippen MR) is 114 cm³/mol. The van der Waals surface area contributed by atoms with Crippen molar-refractivity contribution in [2.45, 2.75) is 31.4 Å². The van der Waals surface area contributed by atoms with Gasteiger partial charge in [0.15, 0.2) is 11.5 Å². The molecule has 4 heterocycles. The van der Waals surface area contributed by atoms with Crippen LogP contribution in [0.25, 0.3) is 17.2 Å². The summed E-state index contributed by atoms with van der Waals surface area (Å²) in [6.45, 7) is 1.44. The van der Waals surface area contributed by atoms with Crippen molar-refractivity contribution in [3.63, 3.8) is 0 Å². The zero-order valence-corrected chi connectivity index (χ0v) is 18.0. The highest BCUT2D eigenvalue weighted by Crippen LogP contribution is 2.45. The Labute approximate surface area is 194 Å². The summed E-state index contributed by atoms with van der Waals surface area (Å²) in [7, 11) is 0. The summed E-state index contributed by atoms with van der Waals surface area (Å²) >= 11 is 0. The van der Waals surface area contributed by atoms with E-state index in [4.69, 9.17) is 5.73 Å². The lowest BCUT2D eigenvalue weighted by Gasteiger charge is -2.23. The van der Waals surface area contributed by atoms with Crippen molar-refractivity contribution in [3.8, 4) is 11.5 Å². The number of hydrogen-bond donors (Lipinski definition) is 2. The van der Waals surface area contributed by atoms with Crippen molar-refractivity contribution >= 4 is 23.2 Å². The molecule has 3 N–H and O–H groups in total. The van der Waals surface area contributed by atoms with E-state index in [0.29, 0.717) is 6.07 Å². The number of hydrogen-bond acceptors (Lipinski definition) is 6. The number of nitrogens with two attached hydrogens (primary N) is 1. The summed E-state index contributed by atoms with van der Waals surface area (Å²) in [4.78, 5) is 29.8. The molecule has 1 unspecified atom stereocenters. The normalized spacial score (nSPS) is 17.6. The average Bonchev–Trinajstić information content (AvgIpc) is 3.33. The van der Waals surface area contributed by atoms with Crippen molar-refractivity contribution < 1.29 is 26.7 Å². The molecule has 0 saturated carbocycles. The van der Waals surface area contributed by atoms with Gasteiger partial charge in [0.05, 0.1) is 11.3 Å². The number of nitrogen functional groups attached to an aromatic ring is 1. The summed E-state index contributed by atoms with van der Waals surface area (Å²) in [6, 6.07) is 2.72. The molecule has 0 saturated heterocycles. The molecule has 0 bridgehead atoms. The number of carbonyl (C=O) groups is 1. The molecule has 180 valence electrons. The number of imidazole rings is 1. The van der Waals surface area contributed by atoms with E-state index in [-0.39, 0.29) is 45.6 Å². The van der Waals surface area contributed by atoms with Gasteiger partial charge in [0.2, 0.25) is 5.91 Å². The third-order valence-corrected chi connectivity index (χ3v) is 5.88. The van der Waals surface area contributed by atoms with E-state index in [1.54, 1.807) is 0 Å². The third-order valence-electron chi connectivity index (χ3n) is 5.88. The van der Waals surface area contributed by atoms with Gasteiger partial charge >= 0.3 is 6.18 Å². The number of anilines is 2. The molecule has 1 amide bonds. The Morgan fingerprint density at radius 1 is 1.11 bits per heavy atom. The molecule has 0 fully saturated rings. The minimum atomic E-state index is -4.39. The summed E-state index contributed by atoms with van der Waals surface area (Å²) in [5.41, 5.74) is 5.17. The zero-order chi connectivity index (χ0) is 25.1. The molecule has 1 aliphatic rings.